The SMILES string of the molecule is C=CCOc1ccc(/C=C\C(=O)NC(C)CC)cc1N. The van der Waals surface area contributed by atoms with E-state index in [1.165, 1.54) is 6.08 Å². The second-order valence-electron chi connectivity index (χ2n) is 4.55. The highest BCUT2D eigenvalue weighted by atomic mass is 16.5. The Morgan fingerprint density at radius 2 is 2.30 bits per heavy atom. The fourth-order valence-corrected chi connectivity index (χ4v) is 1.52. The molecule has 1 aromatic rings. The maximum atomic E-state index is 11.6. The Bertz CT molecular complexity index is 495. The fraction of sp³-hybridized carbons (Fsp3) is 0.312. The lowest BCUT2D eigenvalue weighted by atomic mass is 10.1. The highest BCUT2D eigenvalue weighted by Gasteiger charge is 2.02. The molecule has 1 atom stereocenters. The topological polar surface area (TPSA) is 64.3 Å². The molecule has 1 rings (SSSR count). The molecule has 0 saturated heterocycles. The summed E-state index contributed by atoms with van der Waals surface area (Å²) >= 11 is 0. The van der Waals surface area contributed by atoms with Crippen molar-refractivity contribution in [2.24, 2.45) is 0 Å². The maximum absolute atomic E-state index is 11.6. The van der Waals surface area contributed by atoms with Crippen LogP contribution >= 0.6 is 0 Å². The summed E-state index contributed by atoms with van der Waals surface area (Å²) in [5.41, 5.74) is 7.27. The number of hydrogen-bond acceptors (Lipinski definition) is 3. The lowest BCUT2D eigenvalue weighted by molar-refractivity contribution is -0.117. The van der Waals surface area contributed by atoms with Gasteiger partial charge in [0.15, 0.2) is 0 Å². The minimum Gasteiger partial charge on any atom is -0.487 e. The number of nitrogens with two attached hydrogens (primary N) is 1. The van der Waals surface area contributed by atoms with Gasteiger partial charge in [0.1, 0.15) is 12.4 Å². The smallest absolute Gasteiger partial charge is 0.244 e. The van der Waals surface area contributed by atoms with E-state index in [2.05, 4.69) is 11.9 Å². The molecule has 1 aromatic carbocycles. The molecule has 0 saturated carbocycles. The van der Waals surface area contributed by atoms with Gasteiger partial charge in [-0.05, 0) is 37.1 Å². The summed E-state index contributed by atoms with van der Waals surface area (Å²) < 4.78 is 5.39. The average Bonchev–Trinajstić information content (AvgIpc) is 2.44. The van der Waals surface area contributed by atoms with Crippen molar-refractivity contribution in [3.63, 3.8) is 0 Å². The summed E-state index contributed by atoms with van der Waals surface area (Å²) in [7, 11) is 0. The summed E-state index contributed by atoms with van der Waals surface area (Å²) in [4.78, 5) is 11.6. The lowest BCUT2D eigenvalue weighted by Gasteiger charge is -2.09. The third-order valence-corrected chi connectivity index (χ3v) is 2.82. The first kappa shape index (κ1) is 15.8. The number of hydrogen-bond donors (Lipinski definition) is 2. The van der Waals surface area contributed by atoms with Gasteiger partial charge in [0.05, 0.1) is 5.69 Å². The standard InChI is InChI=1S/C16H22N2O2/c1-4-10-20-15-8-6-13(11-14(15)17)7-9-16(19)18-12(3)5-2/h4,6-9,11-12H,1,5,10,17H2,2-3H3,(H,18,19)/b9-7-. The lowest BCUT2D eigenvalue weighted by Crippen LogP contribution is -2.30. The highest BCUT2D eigenvalue weighted by Crippen LogP contribution is 2.23. The number of rotatable bonds is 7. The summed E-state index contributed by atoms with van der Waals surface area (Å²) in [5.74, 6) is 0.510. The first-order valence-electron chi connectivity index (χ1n) is 6.68. The molecule has 0 aliphatic rings. The Hall–Kier alpha value is -2.23. The van der Waals surface area contributed by atoms with Crippen molar-refractivity contribution in [3.8, 4) is 5.75 Å². The van der Waals surface area contributed by atoms with Gasteiger partial charge in [-0.2, -0.15) is 0 Å². The molecule has 1 amide bonds. The number of nitrogens with one attached hydrogen (secondary N) is 1. The Kier molecular flexibility index (Phi) is 6.37. The molecular formula is C16H22N2O2. The zero-order chi connectivity index (χ0) is 15.0. The van der Waals surface area contributed by atoms with Crippen molar-refractivity contribution < 1.29 is 9.53 Å². The van der Waals surface area contributed by atoms with Crippen LogP contribution in [0.4, 0.5) is 5.69 Å². The van der Waals surface area contributed by atoms with E-state index < -0.39 is 0 Å². The molecule has 0 spiro atoms. The zero-order valence-electron chi connectivity index (χ0n) is 12.1. The Labute approximate surface area is 120 Å². The van der Waals surface area contributed by atoms with E-state index in [9.17, 15) is 4.79 Å². The molecule has 20 heavy (non-hydrogen) atoms. The van der Waals surface area contributed by atoms with Crippen molar-refractivity contribution >= 4 is 17.7 Å². The number of benzene rings is 1. The van der Waals surface area contributed by atoms with Gasteiger partial charge < -0.3 is 15.8 Å². The van der Waals surface area contributed by atoms with Gasteiger partial charge in [-0.1, -0.05) is 25.6 Å². The highest BCUT2D eigenvalue weighted by molar-refractivity contribution is 5.92. The van der Waals surface area contributed by atoms with Gasteiger partial charge in [-0.3, -0.25) is 4.79 Å². The Morgan fingerprint density at radius 1 is 1.55 bits per heavy atom. The quantitative estimate of drug-likeness (QED) is 0.456. The van der Waals surface area contributed by atoms with Crippen LogP contribution in [0.25, 0.3) is 6.08 Å². The number of nitrogen functional groups attached to an aromatic ring is 1. The monoisotopic (exact) mass is 274 g/mol. The summed E-state index contributed by atoms with van der Waals surface area (Å²) in [5, 5.41) is 2.86. The predicted octanol–water partition coefficient (Wildman–Crippen LogP) is 2.76. The zero-order valence-corrected chi connectivity index (χ0v) is 12.1. The van der Waals surface area contributed by atoms with E-state index in [1.54, 1.807) is 24.3 Å². The minimum atomic E-state index is -0.107. The molecule has 0 aliphatic carbocycles. The van der Waals surface area contributed by atoms with E-state index in [0.29, 0.717) is 18.0 Å². The molecule has 4 nitrogen and oxygen atoms in total. The number of carbonyl (C=O) groups is 1. The van der Waals surface area contributed by atoms with Gasteiger partial charge in [0.2, 0.25) is 5.91 Å². The maximum Gasteiger partial charge on any atom is 0.244 e. The van der Waals surface area contributed by atoms with Gasteiger partial charge in [0.25, 0.3) is 0 Å². The van der Waals surface area contributed by atoms with Gasteiger partial charge in [-0.25, -0.2) is 0 Å². The molecule has 108 valence electrons. The van der Waals surface area contributed by atoms with Crippen LogP contribution in [0.15, 0.2) is 36.9 Å². The third kappa shape index (κ3) is 5.18. The van der Waals surface area contributed by atoms with Gasteiger partial charge in [0, 0.05) is 12.1 Å². The molecule has 1 unspecified atom stereocenters. The van der Waals surface area contributed by atoms with Crippen LogP contribution in [0.2, 0.25) is 0 Å². The summed E-state index contributed by atoms with van der Waals surface area (Å²) in [6.45, 7) is 7.99. The summed E-state index contributed by atoms with van der Waals surface area (Å²) in [6, 6.07) is 5.57. The second kappa shape index (κ2) is 8.04. The molecule has 0 fully saturated rings. The van der Waals surface area contributed by atoms with E-state index >= 15 is 0 Å². The first-order valence-corrected chi connectivity index (χ1v) is 6.68. The number of carbonyl (C=O) groups excluding carboxylic acids is 1. The number of ether oxygens (including phenoxy) is 1. The Balaban J connectivity index is 2.66. The van der Waals surface area contributed by atoms with E-state index in [1.807, 2.05) is 19.9 Å². The van der Waals surface area contributed by atoms with Crippen molar-refractivity contribution in [2.75, 3.05) is 12.3 Å². The van der Waals surface area contributed by atoms with Crippen LogP contribution in [-0.4, -0.2) is 18.6 Å². The fourth-order valence-electron chi connectivity index (χ4n) is 1.52. The normalized spacial score (nSPS) is 12.1. The molecular weight excluding hydrogens is 252 g/mol. The second-order valence-corrected chi connectivity index (χ2v) is 4.55. The minimum absolute atomic E-state index is 0.107. The van der Waals surface area contributed by atoms with Crippen LogP contribution in [0.5, 0.6) is 5.75 Å². The molecule has 0 aliphatic heterocycles. The molecule has 4 heteroatoms. The van der Waals surface area contributed by atoms with E-state index in [0.717, 1.165) is 12.0 Å². The largest absolute Gasteiger partial charge is 0.487 e. The molecule has 0 aromatic heterocycles. The molecule has 3 N–H and O–H groups in total. The van der Waals surface area contributed by atoms with Gasteiger partial charge >= 0.3 is 0 Å². The first-order chi connectivity index (χ1) is 9.56. The van der Waals surface area contributed by atoms with Gasteiger partial charge in [-0.15, -0.1) is 0 Å². The van der Waals surface area contributed by atoms with Crippen molar-refractivity contribution in [1.82, 2.24) is 5.32 Å². The molecule has 0 radical (unpaired) electrons. The molecule has 0 bridgehead atoms. The van der Waals surface area contributed by atoms with Crippen LogP contribution in [0, 0.1) is 0 Å². The average molecular weight is 274 g/mol. The van der Waals surface area contributed by atoms with Crippen molar-refractivity contribution in [2.45, 2.75) is 26.3 Å². The van der Waals surface area contributed by atoms with Crippen LogP contribution in [-0.2, 0) is 4.79 Å². The van der Waals surface area contributed by atoms with Crippen LogP contribution in [0.3, 0.4) is 0 Å². The third-order valence-electron chi connectivity index (χ3n) is 2.82. The Morgan fingerprint density at radius 3 is 2.90 bits per heavy atom. The molecule has 0 heterocycles. The predicted molar refractivity (Wildman–Crippen MR) is 83.5 cm³/mol. The number of amides is 1. The van der Waals surface area contributed by atoms with Crippen molar-refractivity contribution in [3.05, 3.63) is 42.5 Å². The number of anilines is 1. The van der Waals surface area contributed by atoms with E-state index in [-0.39, 0.29) is 11.9 Å². The van der Waals surface area contributed by atoms with Crippen LogP contribution in [0.1, 0.15) is 25.8 Å². The van der Waals surface area contributed by atoms with E-state index in [4.69, 9.17) is 10.5 Å². The summed E-state index contributed by atoms with van der Waals surface area (Å²) in [6.07, 6.45) is 5.80. The van der Waals surface area contributed by atoms with Crippen molar-refractivity contribution in [1.29, 1.82) is 0 Å². The van der Waals surface area contributed by atoms with Crippen LogP contribution < -0.4 is 15.8 Å².